The molecule has 1 aromatic rings. The van der Waals surface area contributed by atoms with Crippen LogP contribution in [0.5, 0.6) is 0 Å². The van der Waals surface area contributed by atoms with Gasteiger partial charge in [0, 0.05) is 6.61 Å². The van der Waals surface area contributed by atoms with Gasteiger partial charge in [-0.25, -0.2) is 8.42 Å². The van der Waals surface area contributed by atoms with Gasteiger partial charge in [0.15, 0.2) is 9.84 Å². The lowest BCUT2D eigenvalue weighted by atomic mass is 10.1. The van der Waals surface area contributed by atoms with Crippen LogP contribution in [-0.2, 0) is 14.6 Å². The Kier molecular flexibility index (Phi) is 4.77. The molecule has 1 aliphatic rings. The predicted octanol–water partition coefficient (Wildman–Crippen LogP) is 3.51. The highest BCUT2D eigenvalue weighted by Gasteiger charge is 2.28. The molecule has 0 aromatic heterocycles. The van der Waals surface area contributed by atoms with Crippen molar-refractivity contribution in [3.05, 3.63) is 33.8 Å². The zero-order valence-corrected chi connectivity index (χ0v) is 12.9. The molecule has 0 amide bonds. The Morgan fingerprint density at radius 1 is 1.37 bits per heavy atom. The SMILES string of the molecule is C[C@@H](c1ccc(Cl)c(Cl)c1)S(=O)(=O)C[C@H]1CCOC1. The van der Waals surface area contributed by atoms with Gasteiger partial charge in [-0.3, -0.25) is 0 Å². The molecule has 0 N–H and O–H groups in total. The molecule has 1 aromatic carbocycles. The van der Waals surface area contributed by atoms with Gasteiger partial charge in [0.05, 0.1) is 27.7 Å². The molecule has 0 unspecified atom stereocenters. The third-order valence-corrected chi connectivity index (χ3v) is 6.47. The average Bonchev–Trinajstić information content (AvgIpc) is 2.83. The first-order valence-corrected chi connectivity index (χ1v) is 8.61. The standard InChI is InChI=1S/C13H16Cl2O3S/c1-9(11-2-3-12(14)13(15)6-11)19(16,17)8-10-4-5-18-7-10/h2-3,6,9-10H,4-5,7-8H2,1H3/t9-,10-/m0/s1. The van der Waals surface area contributed by atoms with Crippen LogP contribution in [0.1, 0.15) is 24.2 Å². The topological polar surface area (TPSA) is 43.4 Å². The van der Waals surface area contributed by atoms with Gasteiger partial charge in [-0.15, -0.1) is 0 Å². The molecule has 106 valence electrons. The molecule has 2 rings (SSSR count). The van der Waals surface area contributed by atoms with E-state index in [1.807, 2.05) is 0 Å². The molecule has 1 saturated heterocycles. The molecular weight excluding hydrogens is 307 g/mol. The number of hydrogen-bond acceptors (Lipinski definition) is 3. The van der Waals surface area contributed by atoms with Crippen molar-refractivity contribution in [3.8, 4) is 0 Å². The molecule has 19 heavy (non-hydrogen) atoms. The summed E-state index contributed by atoms with van der Waals surface area (Å²) in [6.45, 7) is 2.87. The first-order chi connectivity index (χ1) is 8.90. The highest BCUT2D eigenvalue weighted by Crippen LogP contribution is 2.30. The van der Waals surface area contributed by atoms with E-state index in [0.717, 1.165) is 6.42 Å². The third kappa shape index (κ3) is 3.63. The molecule has 3 nitrogen and oxygen atoms in total. The van der Waals surface area contributed by atoms with E-state index in [1.54, 1.807) is 25.1 Å². The molecule has 2 atom stereocenters. The van der Waals surface area contributed by atoms with Crippen molar-refractivity contribution in [1.29, 1.82) is 0 Å². The van der Waals surface area contributed by atoms with E-state index >= 15 is 0 Å². The molecule has 0 saturated carbocycles. The molecule has 6 heteroatoms. The van der Waals surface area contributed by atoms with Crippen LogP contribution in [0.15, 0.2) is 18.2 Å². The summed E-state index contributed by atoms with van der Waals surface area (Å²) in [5.41, 5.74) is 0.674. The number of rotatable bonds is 4. The van der Waals surface area contributed by atoms with E-state index in [9.17, 15) is 8.42 Å². The van der Waals surface area contributed by atoms with Crippen LogP contribution in [-0.4, -0.2) is 27.4 Å². The Bertz CT molecular complexity index is 551. The van der Waals surface area contributed by atoms with Crippen LogP contribution >= 0.6 is 23.2 Å². The molecule has 1 aliphatic heterocycles. The van der Waals surface area contributed by atoms with E-state index in [1.165, 1.54) is 0 Å². The Morgan fingerprint density at radius 2 is 2.11 bits per heavy atom. The summed E-state index contributed by atoms with van der Waals surface area (Å²) in [5, 5.41) is 0.229. The van der Waals surface area contributed by atoms with Crippen LogP contribution < -0.4 is 0 Å². The lowest BCUT2D eigenvalue weighted by Crippen LogP contribution is -2.21. The van der Waals surface area contributed by atoms with E-state index < -0.39 is 15.1 Å². The fraction of sp³-hybridized carbons (Fsp3) is 0.538. The lowest BCUT2D eigenvalue weighted by molar-refractivity contribution is 0.188. The van der Waals surface area contributed by atoms with Crippen LogP contribution in [0.3, 0.4) is 0 Å². The second-order valence-corrected chi connectivity index (χ2v) is 8.06. The first-order valence-electron chi connectivity index (χ1n) is 6.14. The van der Waals surface area contributed by atoms with Crippen molar-refractivity contribution in [1.82, 2.24) is 0 Å². The molecule has 1 fully saturated rings. The summed E-state index contributed by atoms with van der Waals surface area (Å²) in [6.07, 6.45) is 0.813. The summed E-state index contributed by atoms with van der Waals surface area (Å²) >= 11 is 11.8. The minimum absolute atomic E-state index is 0.107. The van der Waals surface area contributed by atoms with Crippen molar-refractivity contribution in [2.75, 3.05) is 19.0 Å². The van der Waals surface area contributed by atoms with Crippen LogP contribution in [0.4, 0.5) is 0 Å². The average molecular weight is 323 g/mol. The monoisotopic (exact) mass is 322 g/mol. The smallest absolute Gasteiger partial charge is 0.157 e. The second-order valence-electron chi connectivity index (χ2n) is 4.87. The summed E-state index contributed by atoms with van der Waals surface area (Å²) < 4.78 is 29.9. The Hall–Kier alpha value is -0.290. The maximum atomic E-state index is 12.4. The van der Waals surface area contributed by atoms with E-state index in [4.69, 9.17) is 27.9 Å². The van der Waals surface area contributed by atoms with Gasteiger partial charge >= 0.3 is 0 Å². The van der Waals surface area contributed by atoms with Gasteiger partial charge < -0.3 is 4.74 Å². The summed E-state index contributed by atoms with van der Waals surface area (Å²) in [5.74, 6) is 0.268. The lowest BCUT2D eigenvalue weighted by Gasteiger charge is -2.16. The number of hydrogen-bond donors (Lipinski definition) is 0. The number of ether oxygens (including phenoxy) is 1. The van der Waals surface area contributed by atoms with Crippen molar-refractivity contribution in [3.63, 3.8) is 0 Å². The predicted molar refractivity (Wildman–Crippen MR) is 77.6 cm³/mol. The minimum atomic E-state index is -3.21. The molecule has 0 aliphatic carbocycles. The number of sulfone groups is 1. The van der Waals surface area contributed by atoms with Gasteiger partial charge in [-0.05, 0) is 37.0 Å². The highest BCUT2D eigenvalue weighted by molar-refractivity contribution is 7.91. The molecular formula is C13H16Cl2O3S. The van der Waals surface area contributed by atoms with Gasteiger partial charge in [0.1, 0.15) is 0 Å². The summed E-state index contributed by atoms with van der Waals surface area (Å²) in [7, 11) is -3.21. The summed E-state index contributed by atoms with van der Waals surface area (Å²) in [6, 6.07) is 4.96. The van der Waals surface area contributed by atoms with Gasteiger partial charge in [0.25, 0.3) is 0 Å². The number of halogens is 2. The van der Waals surface area contributed by atoms with Crippen molar-refractivity contribution in [2.45, 2.75) is 18.6 Å². The van der Waals surface area contributed by atoms with Crippen molar-refractivity contribution >= 4 is 33.0 Å². The van der Waals surface area contributed by atoms with Crippen LogP contribution in [0.2, 0.25) is 10.0 Å². The third-order valence-electron chi connectivity index (χ3n) is 3.44. The second kappa shape index (κ2) is 6.00. The van der Waals surface area contributed by atoms with E-state index in [2.05, 4.69) is 0 Å². The fourth-order valence-corrected chi connectivity index (χ4v) is 4.24. The first kappa shape index (κ1) is 15.1. The normalized spacial score (nSPS) is 21.5. The highest BCUT2D eigenvalue weighted by atomic mass is 35.5. The molecule has 1 heterocycles. The maximum absolute atomic E-state index is 12.4. The minimum Gasteiger partial charge on any atom is -0.381 e. The van der Waals surface area contributed by atoms with Crippen LogP contribution in [0.25, 0.3) is 0 Å². The Balaban J connectivity index is 2.16. The van der Waals surface area contributed by atoms with Gasteiger partial charge in [0.2, 0.25) is 0 Å². The zero-order valence-electron chi connectivity index (χ0n) is 10.6. The zero-order chi connectivity index (χ0) is 14.0. The van der Waals surface area contributed by atoms with Crippen LogP contribution in [0, 0.1) is 5.92 Å². The van der Waals surface area contributed by atoms with Gasteiger partial charge in [-0.1, -0.05) is 29.3 Å². The van der Waals surface area contributed by atoms with E-state index in [-0.39, 0.29) is 11.7 Å². The Labute approximate surface area is 123 Å². The van der Waals surface area contributed by atoms with Gasteiger partial charge in [-0.2, -0.15) is 0 Å². The molecule has 0 spiro atoms. The Morgan fingerprint density at radius 3 is 2.68 bits per heavy atom. The maximum Gasteiger partial charge on any atom is 0.157 e. The number of benzene rings is 1. The van der Waals surface area contributed by atoms with E-state index in [0.29, 0.717) is 28.8 Å². The van der Waals surface area contributed by atoms with Crippen molar-refractivity contribution < 1.29 is 13.2 Å². The summed E-state index contributed by atoms with van der Waals surface area (Å²) in [4.78, 5) is 0. The molecule has 0 bridgehead atoms. The van der Waals surface area contributed by atoms with Crippen molar-refractivity contribution in [2.24, 2.45) is 5.92 Å². The molecule has 0 radical (unpaired) electrons. The fourth-order valence-electron chi connectivity index (χ4n) is 2.16. The quantitative estimate of drug-likeness (QED) is 0.852. The largest absolute Gasteiger partial charge is 0.381 e.